The zero-order valence-electron chi connectivity index (χ0n) is 14.7. The van der Waals surface area contributed by atoms with Crippen molar-refractivity contribution in [1.29, 1.82) is 0 Å². The highest BCUT2D eigenvalue weighted by Crippen LogP contribution is 2.31. The second-order valence-electron chi connectivity index (χ2n) is 6.11. The molecule has 2 heterocycles. The van der Waals surface area contributed by atoms with Crippen LogP contribution in [0.1, 0.15) is 37.7 Å². The number of hydrogen-bond donors (Lipinski definition) is 3. The van der Waals surface area contributed by atoms with Gasteiger partial charge in [0.25, 0.3) is 5.56 Å². The van der Waals surface area contributed by atoms with Crippen LogP contribution in [0.2, 0.25) is 5.02 Å². The SMILES string of the molecule is CCCCSc1nc2c(c(=O)[nH]1)[C@@H](C(=O)Nc1ccccc1Cl)CC(=O)N2. The Labute approximate surface area is 165 Å². The first-order valence-corrected chi connectivity index (χ1v) is 9.98. The van der Waals surface area contributed by atoms with Gasteiger partial charge in [-0.1, -0.05) is 48.8 Å². The summed E-state index contributed by atoms with van der Waals surface area (Å²) in [6, 6.07) is 6.78. The van der Waals surface area contributed by atoms with E-state index in [9.17, 15) is 14.4 Å². The van der Waals surface area contributed by atoms with E-state index in [1.807, 2.05) is 0 Å². The average molecular weight is 407 g/mol. The fourth-order valence-corrected chi connectivity index (χ4v) is 3.87. The number of hydrogen-bond acceptors (Lipinski definition) is 5. The van der Waals surface area contributed by atoms with Crippen molar-refractivity contribution < 1.29 is 9.59 Å². The molecule has 0 radical (unpaired) electrons. The van der Waals surface area contributed by atoms with Gasteiger partial charge < -0.3 is 15.6 Å². The third-order valence-electron chi connectivity index (χ3n) is 4.11. The maximum atomic E-state index is 12.7. The van der Waals surface area contributed by atoms with Crippen LogP contribution in [0.15, 0.2) is 34.2 Å². The van der Waals surface area contributed by atoms with Crippen molar-refractivity contribution in [3.8, 4) is 0 Å². The van der Waals surface area contributed by atoms with Crippen LogP contribution in [-0.2, 0) is 9.59 Å². The number of halogens is 1. The number of rotatable bonds is 6. The largest absolute Gasteiger partial charge is 0.324 e. The van der Waals surface area contributed by atoms with E-state index in [2.05, 4.69) is 27.5 Å². The molecule has 7 nitrogen and oxygen atoms in total. The van der Waals surface area contributed by atoms with Crippen molar-refractivity contribution in [3.05, 3.63) is 45.2 Å². The maximum Gasteiger partial charge on any atom is 0.257 e. The molecule has 1 aliphatic rings. The number of aromatic nitrogens is 2. The van der Waals surface area contributed by atoms with Gasteiger partial charge in [0.1, 0.15) is 5.82 Å². The van der Waals surface area contributed by atoms with E-state index in [0.717, 1.165) is 18.6 Å². The Morgan fingerprint density at radius 2 is 2.15 bits per heavy atom. The molecule has 3 N–H and O–H groups in total. The number of aromatic amines is 1. The van der Waals surface area contributed by atoms with Crippen LogP contribution in [0.4, 0.5) is 11.5 Å². The van der Waals surface area contributed by atoms with Gasteiger partial charge in [0.2, 0.25) is 11.8 Å². The molecule has 2 aromatic rings. The molecule has 0 aliphatic carbocycles. The molecule has 0 unspecified atom stereocenters. The van der Waals surface area contributed by atoms with E-state index in [-0.39, 0.29) is 23.7 Å². The molecule has 1 atom stereocenters. The first-order valence-electron chi connectivity index (χ1n) is 8.61. The second-order valence-corrected chi connectivity index (χ2v) is 7.60. The first-order chi connectivity index (χ1) is 13.0. The van der Waals surface area contributed by atoms with E-state index >= 15 is 0 Å². The molecular weight excluding hydrogens is 388 g/mol. The van der Waals surface area contributed by atoms with Crippen molar-refractivity contribution in [2.45, 2.75) is 37.3 Å². The summed E-state index contributed by atoms with van der Waals surface area (Å²) in [6.45, 7) is 2.08. The Kier molecular flexibility index (Phi) is 6.18. The minimum absolute atomic E-state index is 0.129. The van der Waals surface area contributed by atoms with E-state index in [1.54, 1.807) is 24.3 Å². The third kappa shape index (κ3) is 4.51. The van der Waals surface area contributed by atoms with Crippen molar-refractivity contribution >= 4 is 46.7 Å². The van der Waals surface area contributed by atoms with E-state index < -0.39 is 17.4 Å². The molecule has 0 bridgehead atoms. The van der Waals surface area contributed by atoms with Crippen LogP contribution in [0.3, 0.4) is 0 Å². The number of anilines is 2. The van der Waals surface area contributed by atoms with Crippen LogP contribution in [0.5, 0.6) is 0 Å². The van der Waals surface area contributed by atoms with Crippen LogP contribution in [-0.4, -0.2) is 27.5 Å². The summed E-state index contributed by atoms with van der Waals surface area (Å²) < 4.78 is 0. The smallest absolute Gasteiger partial charge is 0.257 e. The number of carbonyl (C=O) groups is 2. The average Bonchev–Trinajstić information content (AvgIpc) is 2.62. The molecule has 3 rings (SSSR count). The summed E-state index contributed by atoms with van der Waals surface area (Å²) in [4.78, 5) is 44.4. The van der Waals surface area contributed by atoms with Gasteiger partial charge >= 0.3 is 0 Å². The van der Waals surface area contributed by atoms with Crippen molar-refractivity contribution in [1.82, 2.24) is 9.97 Å². The zero-order valence-corrected chi connectivity index (χ0v) is 16.2. The molecule has 1 aromatic carbocycles. The summed E-state index contributed by atoms with van der Waals surface area (Å²) in [7, 11) is 0. The highest BCUT2D eigenvalue weighted by atomic mass is 35.5. The van der Waals surface area contributed by atoms with Gasteiger partial charge in [-0.25, -0.2) is 4.98 Å². The van der Waals surface area contributed by atoms with Crippen LogP contribution < -0.4 is 16.2 Å². The number of para-hydroxylation sites is 1. The number of amides is 2. The minimum atomic E-state index is -0.934. The molecule has 0 fully saturated rings. The van der Waals surface area contributed by atoms with Crippen molar-refractivity contribution in [3.63, 3.8) is 0 Å². The Hall–Kier alpha value is -2.32. The van der Waals surface area contributed by atoms with E-state index in [4.69, 9.17) is 11.6 Å². The highest BCUT2D eigenvalue weighted by Gasteiger charge is 2.34. The summed E-state index contributed by atoms with van der Waals surface area (Å²) in [5.41, 5.74) is 0.171. The Balaban J connectivity index is 1.88. The highest BCUT2D eigenvalue weighted by molar-refractivity contribution is 7.99. The third-order valence-corrected chi connectivity index (χ3v) is 5.40. The maximum absolute atomic E-state index is 12.7. The van der Waals surface area contributed by atoms with Gasteiger partial charge in [0.05, 0.1) is 22.2 Å². The lowest BCUT2D eigenvalue weighted by atomic mass is 9.92. The normalized spacial score (nSPS) is 15.8. The fourth-order valence-electron chi connectivity index (χ4n) is 2.74. The molecule has 1 aliphatic heterocycles. The van der Waals surface area contributed by atoms with Gasteiger partial charge in [0.15, 0.2) is 5.16 Å². The summed E-state index contributed by atoms with van der Waals surface area (Å²) in [5, 5.41) is 6.10. The monoisotopic (exact) mass is 406 g/mol. The van der Waals surface area contributed by atoms with Gasteiger partial charge in [-0.3, -0.25) is 14.4 Å². The molecule has 0 spiro atoms. The molecule has 9 heteroatoms. The number of carbonyl (C=O) groups excluding carboxylic acids is 2. The molecule has 1 aromatic heterocycles. The van der Waals surface area contributed by atoms with Gasteiger partial charge in [0, 0.05) is 12.2 Å². The molecule has 0 saturated carbocycles. The van der Waals surface area contributed by atoms with E-state index in [0.29, 0.717) is 15.9 Å². The molecule has 142 valence electrons. The lowest BCUT2D eigenvalue weighted by molar-refractivity contribution is -0.123. The lowest BCUT2D eigenvalue weighted by Crippen LogP contribution is -2.36. The van der Waals surface area contributed by atoms with Crippen LogP contribution in [0, 0.1) is 0 Å². The number of thioether (sulfide) groups is 1. The second kappa shape index (κ2) is 8.58. The molecule has 2 amide bonds. The van der Waals surface area contributed by atoms with Gasteiger partial charge in [-0.05, 0) is 18.6 Å². The summed E-state index contributed by atoms with van der Waals surface area (Å²) in [5.74, 6) is -0.811. The van der Waals surface area contributed by atoms with E-state index in [1.165, 1.54) is 11.8 Å². The van der Waals surface area contributed by atoms with Crippen LogP contribution in [0.25, 0.3) is 0 Å². The number of H-pyrrole nitrogens is 1. The fraction of sp³-hybridized carbons (Fsp3) is 0.333. The molecular formula is C18H19ClN4O3S. The lowest BCUT2D eigenvalue weighted by Gasteiger charge is -2.23. The minimum Gasteiger partial charge on any atom is -0.324 e. The Bertz CT molecular complexity index is 931. The van der Waals surface area contributed by atoms with Gasteiger partial charge in [-0.15, -0.1) is 0 Å². The topological polar surface area (TPSA) is 104 Å². The molecule has 27 heavy (non-hydrogen) atoms. The number of benzene rings is 1. The predicted octanol–water partition coefficient (Wildman–Crippen LogP) is 3.38. The number of unbranched alkanes of at least 4 members (excludes halogenated alkanes) is 1. The predicted molar refractivity (Wildman–Crippen MR) is 107 cm³/mol. The van der Waals surface area contributed by atoms with Crippen molar-refractivity contribution in [2.75, 3.05) is 16.4 Å². The van der Waals surface area contributed by atoms with Crippen LogP contribution >= 0.6 is 23.4 Å². The zero-order chi connectivity index (χ0) is 19.4. The Morgan fingerprint density at radius 3 is 2.89 bits per heavy atom. The first kappa shape index (κ1) is 19.4. The summed E-state index contributed by atoms with van der Waals surface area (Å²) >= 11 is 7.48. The quantitative estimate of drug-likeness (QED) is 0.387. The summed E-state index contributed by atoms with van der Waals surface area (Å²) in [6.07, 6.45) is 1.89. The standard InChI is InChI=1S/C18H19ClN4O3S/c1-2-3-8-27-18-22-15-14(17(26)23-18)10(9-13(24)21-15)16(25)20-12-7-5-4-6-11(12)19/h4-7,10H,2-3,8-9H2,1H3,(H,20,25)(H2,21,22,23,24,26)/t10-/m0/s1. The van der Waals surface area contributed by atoms with Crippen molar-refractivity contribution in [2.24, 2.45) is 0 Å². The number of nitrogens with zero attached hydrogens (tertiary/aromatic N) is 1. The van der Waals surface area contributed by atoms with Gasteiger partial charge in [-0.2, -0.15) is 0 Å². The number of nitrogens with one attached hydrogen (secondary N) is 3. The Morgan fingerprint density at radius 1 is 1.37 bits per heavy atom. The number of fused-ring (bicyclic) bond motifs is 1. The molecule has 0 saturated heterocycles.